The molecule has 0 spiro atoms. The number of carbonyl (C=O) groups is 3. The van der Waals surface area contributed by atoms with Gasteiger partial charge in [-0.3, -0.25) is 19.4 Å². The molecule has 1 aliphatic carbocycles. The van der Waals surface area contributed by atoms with Crippen LogP contribution in [0, 0.1) is 0 Å². The Kier molecular flexibility index (Phi) is 6.89. The molecular formula is C28H26N6O3S. The molecule has 0 unspecified atom stereocenters. The molecule has 1 fully saturated rings. The minimum Gasteiger partial charge on any atom is -0.399 e. The lowest BCUT2D eigenvalue weighted by Gasteiger charge is -2.14. The van der Waals surface area contributed by atoms with E-state index in [-0.39, 0.29) is 24.3 Å². The number of nitrogen functional groups attached to an aromatic ring is 1. The molecule has 0 saturated heterocycles. The fourth-order valence-electron chi connectivity index (χ4n) is 4.22. The molecule has 1 aliphatic rings. The second-order valence-corrected chi connectivity index (χ2v) is 9.92. The summed E-state index contributed by atoms with van der Waals surface area (Å²) in [4.78, 5) is 46.0. The van der Waals surface area contributed by atoms with Gasteiger partial charge in [-0.05, 0) is 66.4 Å². The Morgan fingerprint density at radius 3 is 2.47 bits per heavy atom. The smallest absolute Gasteiger partial charge is 0.251 e. The maximum absolute atomic E-state index is 12.4. The van der Waals surface area contributed by atoms with Crippen LogP contribution in [-0.2, 0) is 15.0 Å². The lowest BCUT2D eigenvalue weighted by Crippen LogP contribution is -2.32. The summed E-state index contributed by atoms with van der Waals surface area (Å²) < 4.78 is 0. The molecule has 0 radical (unpaired) electrons. The van der Waals surface area contributed by atoms with Gasteiger partial charge < -0.3 is 21.7 Å². The molecule has 5 rings (SSSR count). The van der Waals surface area contributed by atoms with E-state index in [9.17, 15) is 14.4 Å². The van der Waals surface area contributed by atoms with Crippen LogP contribution < -0.4 is 21.7 Å². The van der Waals surface area contributed by atoms with Crippen LogP contribution in [0.2, 0.25) is 0 Å². The number of hydrogen-bond acceptors (Lipinski definition) is 7. The van der Waals surface area contributed by atoms with Gasteiger partial charge in [0.15, 0.2) is 5.13 Å². The average Bonchev–Trinajstić information content (AvgIpc) is 3.64. The third-order valence-electron chi connectivity index (χ3n) is 6.49. The van der Waals surface area contributed by atoms with Crippen LogP contribution in [-0.4, -0.2) is 41.3 Å². The Labute approximate surface area is 223 Å². The summed E-state index contributed by atoms with van der Waals surface area (Å²) >= 11 is 1.30. The summed E-state index contributed by atoms with van der Waals surface area (Å²) in [5.74, 6) is -0.741. The first-order valence-corrected chi connectivity index (χ1v) is 12.9. The molecule has 4 aromatic rings. The van der Waals surface area contributed by atoms with Crippen LogP contribution in [0.4, 0.5) is 10.8 Å². The van der Waals surface area contributed by atoms with E-state index in [1.165, 1.54) is 11.3 Å². The minimum atomic E-state index is -0.529. The highest BCUT2D eigenvalue weighted by Crippen LogP contribution is 2.48. The van der Waals surface area contributed by atoms with Crippen LogP contribution in [0.25, 0.3) is 22.4 Å². The Balaban J connectivity index is 1.25. The molecule has 3 amide bonds. The number of nitrogens with zero attached hydrogens (tertiary/aromatic N) is 2. The van der Waals surface area contributed by atoms with Crippen LogP contribution in [0.15, 0.2) is 72.2 Å². The molecule has 2 heterocycles. The van der Waals surface area contributed by atoms with Crippen molar-refractivity contribution in [1.29, 1.82) is 0 Å². The Hall–Kier alpha value is -4.57. The number of aromatic nitrogens is 2. The minimum absolute atomic E-state index is 0.00207. The number of pyridine rings is 1. The van der Waals surface area contributed by atoms with E-state index in [4.69, 9.17) is 5.73 Å². The first kappa shape index (κ1) is 25.1. The van der Waals surface area contributed by atoms with Crippen molar-refractivity contribution in [3.05, 3.63) is 83.5 Å². The van der Waals surface area contributed by atoms with Crippen LogP contribution in [0.3, 0.4) is 0 Å². The van der Waals surface area contributed by atoms with Crippen molar-refractivity contribution >= 4 is 39.9 Å². The zero-order chi connectivity index (χ0) is 26.7. The Bertz CT molecular complexity index is 1510. The molecule has 1 saturated carbocycles. The number of anilines is 2. The number of benzene rings is 2. The van der Waals surface area contributed by atoms with Gasteiger partial charge in [0.05, 0.1) is 23.3 Å². The number of hydrogen-bond donors (Lipinski definition) is 4. The number of carbonyl (C=O) groups excluding carboxylic acids is 3. The van der Waals surface area contributed by atoms with Gasteiger partial charge in [0.2, 0.25) is 11.8 Å². The molecule has 2 aromatic carbocycles. The van der Waals surface area contributed by atoms with E-state index in [1.807, 2.05) is 41.8 Å². The SMILES string of the molecule is CNC(=O)C1(c2cc(-c3cccc(-c4csc(NC(=O)CNC(=O)c5ccc(N)cc5)n4)c3)ccn2)CC1. The maximum Gasteiger partial charge on any atom is 0.251 e. The third-order valence-corrected chi connectivity index (χ3v) is 7.24. The summed E-state index contributed by atoms with van der Waals surface area (Å²) in [6, 6.07) is 18.3. The molecule has 9 nitrogen and oxygen atoms in total. The number of rotatable bonds is 8. The van der Waals surface area contributed by atoms with Gasteiger partial charge in [0.25, 0.3) is 5.91 Å². The highest BCUT2D eigenvalue weighted by atomic mass is 32.1. The molecular weight excluding hydrogens is 500 g/mol. The van der Waals surface area contributed by atoms with Crippen molar-refractivity contribution in [3.63, 3.8) is 0 Å². The average molecular weight is 527 g/mol. The largest absolute Gasteiger partial charge is 0.399 e. The fraction of sp³-hybridized carbons (Fsp3) is 0.179. The molecule has 10 heteroatoms. The third kappa shape index (κ3) is 5.25. The monoisotopic (exact) mass is 526 g/mol. The van der Waals surface area contributed by atoms with E-state index >= 15 is 0 Å². The van der Waals surface area contributed by atoms with Gasteiger partial charge in [-0.1, -0.05) is 18.2 Å². The van der Waals surface area contributed by atoms with Crippen molar-refractivity contribution in [3.8, 4) is 22.4 Å². The van der Waals surface area contributed by atoms with Crippen molar-refractivity contribution < 1.29 is 14.4 Å². The predicted octanol–water partition coefficient (Wildman–Crippen LogP) is 3.60. The van der Waals surface area contributed by atoms with E-state index < -0.39 is 5.41 Å². The zero-order valence-electron chi connectivity index (χ0n) is 20.7. The van der Waals surface area contributed by atoms with Crippen molar-refractivity contribution in [2.75, 3.05) is 24.6 Å². The van der Waals surface area contributed by atoms with Crippen LogP contribution >= 0.6 is 11.3 Å². The normalized spacial score (nSPS) is 13.4. The summed E-state index contributed by atoms with van der Waals surface area (Å²) in [7, 11) is 1.65. The number of likely N-dealkylation sites (N-methyl/N-ethyl adjacent to an activating group) is 1. The van der Waals surface area contributed by atoms with Gasteiger partial charge in [-0.25, -0.2) is 4.98 Å². The Morgan fingerprint density at radius 1 is 1.00 bits per heavy atom. The van der Waals surface area contributed by atoms with Gasteiger partial charge in [-0.2, -0.15) is 0 Å². The van der Waals surface area contributed by atoms with Crippen LogP contribution in [0.1, 0.15) is 28.9 Å². The molecule has 5 N–H and O–H groups in total. The second-order valence-electron chi connectivity index (χ2n) is 9.06. The van der Waals surface area contributed by atoms with E-state index in [0.29, 0.717) is 16.4 Å². The summed E-state index contributed by atoms with van der Waals surface area (Å²) in [5, 5.41) is 10.4. The second kappa shape index (κ2) is 10.4. The molecule has 0 aliphatic heterocycles. The Morgan fingerprint density at radius 2 is 1.74 bits per heavy atom. The quantitative estimate of drug-likeness (QED) is 0.259. The maximum atomic E-state index is 12.4. The summed E-state index contributed by atoms with van der Waals surface area (Å²) in [5.41, 5.74) is 10.4. The molecule has 0 bridgehead atoms. The van der Waals surface area contributed by atoms with E-state index in [1.54, 1.807) is 37.5 Å². The highest BCUT2D eigenvalue weighted by molar-refractivity contribution is 7.14. The molecule has 38 heavy (non-hydrogen) atoms. The van der Waals surface area contributed by atoms with E-state index in [0.717, 1.165) is 40.9 Å². The predicted molar refractivity (Wildman–Crippen MR) is 148 cm³/mol. The molecule has 192 valence electrons. The standard InChI is InChI=1S/C28H26N6O3S/c1-30-26(37)28(10-11-28)23-14-19(9-12-31-23)18-3-2-4-20(13-18)22-16-38-27(33-22)34-24(35)15-32-25(36)17-5-7-21(29)8-6-17/h2-9,12-14,16H,10-11,15,29H2,1H3,(H,30,37)(H,32,36)(H,33,34,35). The number of nitrogens with two attached hydrogens (primary N) is 1. The number of nitrogens with one attached hydrogen (secondary N) is 3. The molecule has 0 atom stereocenters. The van der Waals surface area contributed by atoms with Crippen LogP contribution in [0.5, 0.6) is 0 Å². The fourth-order valence-corrected chi connectivity index (χ4v) is 4.95. The highest BCUT2D eigenvalue weighted by Gasteiger charge is 2.52. The number of thiazole rings is 1. The topological polar surface area (TPSA) is 139 Å². The zero-order valence-corrected chi connectivity index (χ0v) is 21.5. The van der Waals surface area contributed by atoms with Crippen molar-refractivity contribution in [2.45, 2.75) is 18.3 Å². The van der Waals surface area contributed by atoms with Gasteiger partial charge in [0, 0.05) is 35.4 Å². The van der Waals surface area contributed by atoms with E-state index in [2.05, 4.69) is 25.9 Å². The first-order chi connectivity index (χ1) is 18.4. The summed E-state index contributed by atoms with van der Waals surface area (Å²) in [6.45, 7) is -0.185. The number of amides is 3. The lowest BCUT2D eigenvalue weighted by molar-refractivity contribution is -0.123. The van der Waals surface area contributed by atoms with Crippen molar-refractivity contribution in [2.24, 2.45) is 0 Å². The summed E-state index contributed by atoms with van der Waals surface area (Å²) in [6.07, 6.45) is 3.33. The van der Waals surface area contributed by atoms with Crippen molar-refractivity contribution in [1.82, 2.24) is 20.6 Å². The van der Waals surface area contributed by atoms with Gasteiger partial charge in [0.1, 0.15) is 0 Å². The first-order valence-electron chi connectivity index (χ1n) is 12.1. The molecule has 2 aromatic heterocycles. The lowest BCUT2D eigenvalue weighted by atomic mass is 9.96. The van der Waals surface area contributed by atoms with Gasteiger partial charge >= 0.3 is 0 Å². The van der Waals surface area contributed by atoms with Gasteiger partial charge in [-0.15, -0.1) is 11.3 Å².